The third-order valence-corrected chi connectivity index (χ3v) is 6.58. The molecule has 26 heavy (non-hydrogen) atoms. The molecular formula is C23H22ClNO. The summed E-state index contributed by atoms with van der Waals surface area (Å²) in [5, 5.41) is 4.89. The molecule has 5 rings (SSSR count). The van der Waals surface area contributed by atoms with Gasteiger partial charge in [-0.1, -0.05) is 39.3 Å². The Kier molecular flexibility index (Phi) is 3.11. The Balaban J connectivity index is 1.90. The van der Waals surface area contributed by atoms with Gasteiger partial charge in [-0.05, 0) is 70.5 Å². The number of aromatic nitrogens is 1. The summed E-state index contributed by atoms with van der Waals surface area (Å²) in [4.78, 5) is 4.19. The Morgan fingerprint density at radius 3 is 2.19 bits per heavy atom. The van der Waals surface area contributed by atoms with E-state index in [1.165, 1.54) is 29.4 Å². The highest BCUT2D eigenvalue weighted by atomic mass is 35.5. The summed E-state index contributed by atoms with van der Waals surface area (Å²) in [6.07, 6.45) is 4.16. The minimum absolute atomic E-state index is 0.177. The Hall–Kier alpha value is -2.06. The second-order valence-corrected chi connectivity index (χ2v) is 9.29. The van der Waals surface area contributed by atoms with Crippen LogP contribution in [0.3, 0.4) is 0 Å². The van der Waals surface area contributed by atoms with Gasteiger partial charge in [0.15, 0.2) is 0 Å². The highest BCUT2D eigenvalue weighted by Crippen LogP contribution is 2.48. The van der Waals surface area contributed by atoms with Gasteiger partial charge in [0.25, 0.3) is 0 Å². The zero-order chi connectivity index (χ0) is 18.3. The van der Waals surface area contributed by atoms with Crippen LogP contribution in [0.5, 0.6) is 0 Å². The molecule has 4 aromatic rings. The van der Waals surface area contributed by atoms with Crippen LogP contribution in [0.1, 0.15) is 51.7 Å². The monoisotopic (exact) mass is 363 g/mol. The van der Waals surface area contributed by atoms with Gasteiger partial charge < -0.3 is 4.42 Å². The molecule has 1 aliphatic carbocycles. The average Bonchev–Trinajstić information content (AvgIpc) is 2.94. The molecule has 132 valence electrons. The SMILES string of the molecule is CC1(C)CCC(C)(C)c2cc3c(cc21)oc1cc2c(Cl)nccc2cc13. The summed E-state index contributed by atoms with van der Waals surface area (Å²) in [6, 6.07) is 10.8. The predicted octanol–water partition coefficient (Wildman–Crippen LogP) is 7.14. The number of fused-ring (bicyclic) bond motifs is 5. The summed E-state index contributed by atoms with van der Waals surface area (Å²) >= 11 is 6.28. The van der Waals surface area contributed by atoms with E-state index >= 15 is 0 Å². The van der Waals surface area contributed by atoms with E-state index < -0.39 is 0 Å². The van der Waals surface area contributed by atoms with Crippen molar-refractivity contribution in [1.82, 2.24) is 4.98 Å². The minimum Gasteiger partial charge on any atom is -0.456 e. The van der Waals surface area contributed by atoms with Crippen LogP contribution in [-0.2, 0) is 10.8 Å². The molecule has 2 aromatic carbocycles. The first-order valence-electron chi connectivity index (χ1n) is 9.22. The second-order valence-electron chi connectivity index (χ2n) is 8.94. The molecule has 0 unspecified atom stereocenters. The van der Waals surface area contributed by atoms with Crippen LogP contribution in [-0.4, -0.2) is 4.98 Å². The number of furan rings is 1. The lowest BCUT2D eigenvalue weighted by Gasteiger charge is -2.41. The van der Waals surface area contributed by atoms with E-state index in [-0.39, 0.29) is 10.8 Å². The largest absolute Gasteiger partial charge is 0.456 e. The zero-order valence-corrected chi connectivity index (χ0v) is 16.4. The summed E-state index contributed by atoms with van der Waals surface area (Å²) in [5.41, 5.74) is 5.08. The van der Waals surface area contributed by atoms with Gasteiger partial charge in [-0.15, -0.1) is 0 Å². The first-order chi connectivity index (χ1) is 12.3. The fourth-order valence-electron chi connectivity index (χ4n) is 4.47. The van der Waals surface area contributed by atoms with Crippen LogP contribution in [0.2, 0.25) is 5.15 Å². The molecule has 0 saturated carbocycles. The van der Waals surface area contributed by atoms with Gasteiger partial charge in [0.05, 0.1) is 0 Å². The van der Waals surface area contributed by atoms with Crippen LogP contribution in [0.15, 0.2) is 40.9 Å². The molecule has 2 heterocycles. The van der Waals surface area contributed by atoms with E-state index in [0.29, 0.717) is 5.15 Å². The van der Waals surface area contributed by atoms with Crippen molar-refractivity contribution in [2.75, 3.05) is 0 Å². The first kappa shape index (κ1) is 16.1. The Bertz CT molecular complexity index is 1200. The van der Waals surface area contributed by atoms with Crippen molar-refractivity contribution in [2.24, 2.45) is 0 Å². The molecule has 0 N–H and O–H groups in total. The zero-order valence-electron chi connectivity index (χ0n) is 15.6. The lowest BCUT2D eigenvalue weighted by Crippen LogP contribution is -2.33. The fraction of sp³-hybridized carbons (Fsp3) is 0.348. The molecular weight excluding hydrogens is 342 g/mol. The lowest BCUT2D eigenvalue weighted by atomic mass is 9.63. The first-order valence-corrected chi connectivity index (χ1v) is 9.60. The van der Waals surface area contributed by atoms with Crippen molar-refractivity contribution >= 4 is 44.3 Å². The molecule has 0 amide bonds. The predicted molar refractivity (Wildman–Crippen MR) is 109 cm³/mol. The maximum Gasteiger partial charge on any atom is 0.136 e. The van der Waals surface area contributed by atoms with E-state index in [1.54, 1.807) is 6.20 Å². The normalized spacial score (nSPS) is 18.5. The molecule has 1 aliphatic rings. The van der Waals surface area contributed by atoms with Gasteiger partial charge in [-0.2, -0.15) is 0 Å². The number of halogens is 1. The summed E-state index contributed by atoms with van der Waals surface area (Å²) in [6.45, 7) is 9.40. The molecule has 0 fully saturated rings. The van der Waals surface area contributed by atoms with Crippen LogP contribution in [0.25, 0.3) is 32.7 Å². The van der Waals surface area contributed by atoms with Crippen LogP contribution < -0.4 is 0 Å². The molecule has 0 bridgehead atoms. The molecule has 0 atom stereocenters. The molecule has 2 nitrogen and oxygen atoms in total. The van der Waals surface area contributed by atoms with E-state index in [9.17, 15) is 0 Å². The highest BCUT2D eigenvalue weighted by Gasteiger charge is 2.37. The molecule has 0 saturated heterocycles. The van der Waals surface area contributed by atoms with Crippen molar-refractivity contribution in [2.45, 2.75) is 51.4 Å². The Morgan fingerprint density at radius 2 is 1.46 bits per heavy atom. The molecule has 0 spiro atoms. The van der Waals surface area contributed by atoms with E-state index in [1.807, 2.05) is 12.1 Å². The van der Waals surface area contributed by atoms with E-state index in [0.717, 1.165) is 27.3 Å². The van der Waals surface area contributed by atoms with Crippen molar-refractivity contribution in [3.8, 4) is 0 Å². The lowest BCUT2D eigenvalue weighted by molar-refractivity contribution is 0.332. The standard InChI is InChI=1S/C23H22ClNO/c1-22(2)6-7-23(3,4)18-12-20-16(10-17(18)22)15-9-13-5-8-25-21(24)14(13)11-19(15)26-20/h5,8-12H,6-7H2,1-4H3. The fourth-order valence-corrected chi connectivity index (χ4v) is 4.69. The van der Waals surface area contributed by atoms with Gasteiger partial charge in [0.1, 0.15) is 16.3 Å². The number of rotatable bonds is 0. The molecule has 0 radical (unpaired) electrons. The van der Waals surface area contributed by atoms with Crippen molar-refractivity contribution in [3.05, 3.63) is 52.8 Å². The number of nitrogens with zero attached hydrogens (tertiary/aromatic N) is 1. The topological polar surface area (TPSA) is 26.0 Å². The summed E-state index contributed by atoms with van der Waals surface area (Å²) in [7, 11) is 0. The molecule has 0 aliphatic heterocycles. The number of hydrogen-bond acceptors (Lipinski definition) is 2. The summed E-state index contributed by atoms with van der Waals surface area (Å²) in [5.74, 6) is 0. The maximum atomic E-state index is 6.28. The van der Waals surface area contributed by atoms with Gasteiger partial charge in [0, 0.05) is 22.4 Å². The van der Waals surface area contributed by atoms with Gasteiger partial charge in [-0.25, -0.2) is 4.98 Å². The Morgan fingerprint density at radius 1 is 0.846 bits per heavy atom. The molecule has 2 aromatic heterocycles. The van der Waals surface area contributed by atoms with E-state index in [4.69, 9.17) is 16.0 Å². The van der Waals surface area contributed by atoms with Crippen LogP contribution >= 0.6 is 11.6 Å². The third-order valence-electron chi connectivity index (χ3n) is 6.28. The minimum atomic E-state index is 0.177. The number of hydrogen-bond donors (Lipinski definition) is 0. The highest BCUT2D eigenvalue weighted by molar-refractivity contribution is 6.34. The van der Waals surface area contributed by atoms with Crippen molar-refractivity contribution < 1.29 is 4.42 Å². The van der Waals surface area contributed by atoms with Crippen molar-refractivity contribution in [3.63, 3.8) is 0 Å². The van der Waals surface area contributed by atoms with Crippen LogP contribution in [0, 0.1) is 0 Å². The van der Waals surface area contributed by atoms with E-state index in [2.05, 4.69) is 50.9 Å². The number of benzene rings is 2. The summed E-state index contributed by atoms with van der Waals surface area (Å²) < 4.78 is 6.26. The maximum absolute atomic E-state index is 6.28. The molecule has 3 heteroatoms. The quantitative estimate of drug-likeness (QED) is 0.310. The van der Waals surface area contributed by atoms with Gasteiger partial charge in [-0.3, -0.25) is 0 Å². The Labute approximate surface area is 158 Å². The second kappa shape index (κ2) is 5.01. The van der Waals surface area contributed by atoms with Crippen LogP contribution in [0.4, 0.5) is 0 Å². The van der Waals surface area contributed by atoms with Crippen molar-refractivity contribution in [1.29, 1.82) is 0 Å². The number of pyridine rings is 1. The van der Waals surface area contributed by atoms with Gasteiger partial charge >= 0.3 is 0 Å². The third kappa shape index (κ3) is 2.15. The smallest absolute Gasteiger partial charge is 0.136 e. The average molecular weight is 364 g/mol. The van der Waals surface area contributed by atoms with Gasteiger partial charge in [0.2, 0.25) is 0 Å².